The van der Waals surface area contributed by atoms with Crippen LogP contribution in [-0.2, 0) is 4.74 Å². The van der Waals surface area contributed by atoms with Gasteiger partial charge in [-0.1, -0.05) is 0 Å². The van der Waals surface area contributed by atoms with Crippen LogP contribution in [0.5, 0.6) is 0 Å². The molecule has 0 atom stereocenters. The second-order valence-electron chi connectivity index (χ2n) is 7.01. The van der Waals surface area contributed by atoms with E-state index < -0.39 is 34.5 Å². The quantitative estimate of drug-likeness (QED) is 0.276. The fraction of sp³-hybridized carbons (Fsp3) is 0.136. The average molecular weight is 452 g/mol. The van der Waals surface area contributed by atoms with Crippen LogP contribution in [0.25, 0.3) is 22.2 Å². The molecule has 33 heavy (non-hydrogen) atoms. The van der Waals surface area contributed by atoms with E-state index in [1.54, 1.807) is 31.8 Å². The maximum Gasteiger partial charge on any atom is 0.251 e. The minimum atomic E-state index is -1.31. The van der Waals surface area contributed by atoms with Crippen molar-refractivity contribution in [3.8, 4) is 11.1 Å². The van der Waals surface area contributed by atoms with Gasteiger partial charge >= 0.3 is 0 Å². The number of aromatic amines is 1. The molecule has 1 amide bonds. The molecule has 1 aromatic carbocycles. The number of ether oxygens (including phenoxy) is 1. The molecule has 4 N–H and O–H groups in total. The molecule has 0 aliphatic carbocycles. The normalized spacial score (nSPS) is 11.0. The second-order valence-corrected chi connectivity index (χ2v) is 7.01. The number of benzene rings is 1. The van der Waals surface area contributed by atoms with Gasteiger partial charge in [-0.3, -0.25) is 9.59 Å². The number of amides is 1. The van der Waals surface area contributed by atoms with Gasteiger partial charge in [0.15, 0.2) is 0 Å². The fourth-order valence-electron chi connectivity index (χ4n) is 3.27. The highest BCUT2D eigenvalue weighted by Crippen LogP contribution is 2.28. The van der Waals surface area contributed by atoms with Gasteiger partial charge in [0.05, 0.1) is 17.7 Å². The van der Waals surface area contributed by atoms with Gasteiger partial charge in [0.1, 0.15) is 17.3 Å². The predicted molar refractivity (Wildman–Crippen MR) is 116 cm³/mol. The van der Waals surface area contributed by atoms with Crippen molar-refractivity contribution in [2.75, 3.05) is 25.6 Å². The van der Waals surface area contributed by atoms with E-state index in [0.717, 1.165) is 12.1 Å². The summed E-state index contributed by atoms with van der Waals surface area (Å²) < 4.78 is 34.0. The van der Waals surface area contributed by atoms with Crippen molar-refractivity contribution < 1.29 is 23.1 Å². The van der Waals surface area contributed by atoms with Crippen LogP contribution < -0.4 is 11.1 Å². The van der Waals surface area contributed by atoms with E-state index in [-0.39, 0.29) is 5.56 Å². The Morgan fingerprint density at radius 3 is 2.52 bits per heavy atom. The van der Waals surface area contributed by atoms with E-state index in [4.69, 9.17) is 10.5 Å². The molecule has 3 heterocycles. The average Bonchev–Trinajstić information content (AvgIpc) is 3.23. The van der Waals surface area contributed by atoms with E-state index in [9.17, 15) is 18.4 Å². The Kier molecular flexibility index (Phi) is 6.05. The number of anilines is 1. The highest BCUT2D eigenvalue weighted by Gasteiger charge is 2.26. The van der Waals surface area contributed by atoms with Gasteiger partial charge in [-0.15, -0.1) is 0 Å². The summed E-state index contributed by atoms with van der Waals surface area (Å²) in [5.74, 6) is -4.05. The van der Waals surface area contributed by atoms with Gasteiger partial charge in [0.25, 0.3) is 5.91 Å². The number of nitrogens with one attached hydrogen (secondary N) is 2. The first-order valence-corrected chi connectivity index (χ1v) is 9.75. The number of fused-ring (bicyclic) bond motifs is 1. The maximum absolute atomic E-state index is 14.7. The summed E-state index contributed by atoms with van der Waals surface area (Å²) in [7, 11) is 1.59. The minimum absolute atomic E-state index is 0.0162. The van der Waals surface area contributed by atoms with Gasteiger partial charge < -0.3 is 20.8 Å². The number of carbonyl (C=O) groups is 2. The molecule has 0 unspecified atom stereocenters. The lowest BCUT2D eigenvalue weighted by molar-refractivity contribution is 0.0996. The molecule has 0 saturated heterocycles. The van der Waals surface area contributed by atoms with E-state index in [2.05, 4.69) is 25.3 Å². The number of aromatic nitrogens is 4. The Morgan fingerprint density at radius 1 is 1.09 bits per heavy atom. The topological polar surface area (TPSA) is 136 Å². The number of H-pyrrole nitrogens is 1. The molecule has 3 aromatic heterocycles. The van der Waals surface area contributed by atoms with Crippen molar-refractivity contribution >= 4 is 28.7 Å². The van der Waals surface area contributed by atoms with Crippen molar-refractivity contribution in [2.24, 2.45) is 5.73 Å². The second kappa shape index (κ2) is 9.09. The van der Waals surface area contributed by atoms with Gasteiger partial charge in [-0.05, 0) is 18.2 Å². The molecule has 4 rings (SSSR count). The standard InChI is InChI=1S/C22H18F2N6O3/c1-33-5-4-26-22-29-8-12(9-30-22)11-6-14-15(10-28-21(14)27-7-11)19(31)17-16(23)3-2-13(18(17)24)20(25)32/h2-3,6-10H,4-5H2,1H3,(H2,25,32)(H,27,28)(H,26,29,30). The number of hydrogen-bond donors (Lipinski definition) is 3. The van der Waals surface area contributed by atoms with Crippen molar-refractivity contribution in [3.05, 3.63) is 71.3 Å². The zero-order chi connectivity index (χ0) is 23.5. The van der Waals surface area contributed by atoms with Crippen LogP contribution in [-0.4, -0.2) is 51.9 Å². The monoisotopic (exact) mass is 452 g/mol. The van der Waals surface area contributed by atoms with Crippen LogP contribution in [0.2, 0.25) is 0 Å². The van der Waals surface area contributed by atoms with Crippen molar-refractivity contribution in [2.45, 2.75) is 0 Å². The van der Waals surface area contributed by atoms with Crippen LogP contribution in [0, 0.1) is 11.6 Å². The molecule has 0 saturated carbocycles. The molecule has 0 aliphatic rings. The Bertz CT molecular complexity index is 1350. The summed E-state index contributed by atoms with van der Waals surface area (Å²) in [4.78, 5) is 40.0. The van der Waals surface area contributed by atoms with E-state index in [0.29, 0.717) is 41.3 Å². The lowest BCUT2D eigenvalue weighted by Crippen LogP contribution is -2.17. The lowest BCUT2D eigenvalue weighted by atomic mass is 9.98. The molecular weight excluding hydrogens is 434 g/mol. The molecular formula is C22H18F2N6O3. The summed E-state index contributed by atoms with van der Waals surface area (Å²) in [5.41, 5.74) is 5.21. The predicted octanol–water partition coefficient (Wildman–Crippen LogP) is 2.69. The fourth-order valence-corrected chi connectivity index (χ4v) is 3.27. The number of primary amides is 1. The highest BCUT2D eigenvalue weighted by molar-refractivity contribution is 6.17. The Balaban J connectivity index is 1.70. The zero-order valence-electron chi connectivity index (χ0n) is 17.4. The summed E-state index contributed by atoms with van der Waals surface area (Å²) in [5, 5.41) is 3.33. The number of ketones is 1. The number of pyridine rings is 1. The van der Waals surface area contributed by atoms with Crippen molar-refractivity contribution in [1.29, 1.82) is 0 Å². The molecule has 4 aromatic rings. The third kappa shape index (κ3) is 4.26. The van der Waals surface area contributed by atoms with Crippen LogP contribution in [0.4, 0.5) is 14.7 Å². The lowest BCUT2D eigenvalue weighted by Gasteiger charge is -2.07. The SMILES string of the molecule is COCCNc1ncc(-c2cnc3[nH]cc(C(=O)c4c(F)ccc(C(N)=O)c4F)c3c2)cn1. The summed E-state index contributed by atoms with van der Waals surface area (Å²) in [6, 6.07) is 3.36. The smallest absolute Gasteiger partial charge is 0.251 e. The van der Waals surface area contributed by atoms with Gasteiger partial charge in [0.2, 0.25) is 11.7 Å². The Hall–Kier alpha value is -4.25. The molecule has 0 bridgehead atoms. The summed E-state index contributed by atoms with van der Waals surface area (Å²) >= 11 is 0. The number of carbonyl (C=O) groups excluding carboxylic acids is 2. The number of nitrogens with zero attached hydrogens (tertiary/aromatic N) is 3. The maximum atomic E-state index is 14.7. The van der Waals surface area contributed by atoms with Crippen LogP contribution >= 0.6 is 0 Å². The number of hydrogen-bond acceptors (Lipinski definition) is 7. The number of rotatable bonds is 8. The summed E-state index contributed by atoms with van der Waals surface area (Å²) in [6.07, 6.45) is 6.02. The van der Waals surface area contributed by atoms with Gasteiger partial charge in [0, 0.05) is 60.5 Å². The Morgan fingerprint density at radius 2 is 1.82 bits per heavy atom. The Labute approximate surface area is 186 Å². The third-order valence-corrected chi connectivity index (χ3v) is 4.93. The molecule has 168 valence electrons. The van der Waals surface area contributed by atoms with Crippen LogP contribution in [0.3, 0.4) is 0 Å². The molecule has 0 radical (unpaired) electrons. The molecule has 11 heteroatoms. The van der Waals surface area contributed by atoms with Crippen molar-refractivity contribution in [3.63, 3.8) is 0 Å². The first kappa shape index (κ1) is 22.0. The molecule has 0 fully saturated rings. The number of methoxy groups -OCH3 is 1. The van der Waals surface area contributed by atoms with Crippen molar-refractivity contribution in [1.82, 2.24) is 19.9 Å². The third-order valence-electron chi connectivity index (χ3n) is 4.93. The van der Waals surface area contributed by atoms with E-state index in [1.807, 2.05) is 0 Å². The van der Waals surface area contributed by atoms with Gasteiger partial charge in [-0.25, -0.2) is 23.7 Å². The zero-order valence-corrected chi connectivity index (χ0v) is 17.4. The molecule has 0 aliphatic heterocycles. The van der Waals surface area contributed by atoms with Crippen LogP contribution in [0.15, 0.2) is 43.0 Å². The van der Waals surface area contributed by atoms with Gasteiger partial charge in [-0.2, -0.15) is 0 Å². The largest absolute Gasteiger partial charge is 0.383 e. The van der Waals surface area contributed by atoms with Crippen LogP contribution in [0.1, 0.15) is 26.3 Å². The van der Waals surface area contributed by atoms with E-state index >= 15 is 0 Å². The molecule has 0 spiro atoms. The summed E-state index contributed by atoms with van der Waals surface area (Å²) in [6.45, 7) is 1.04. The van der Waals surface area contributed by atoms with E-state index in [1.165, 1.54) is 6.20 Å². The highest BCUT2D eigenvalue weighted by atomic mass is 19.1. The minimum Gasteiger partial charge on any atom is -0.383 e. The number of nitrogens with two attached hydrogens (primary N) is 1. The first-order chi connectivity index (χ1) is 15.9. The number of halogens is 2. The first-order valence-electron chi connectivity index (χ1n) is 9.75. The molecule has 9 nitrogen and oxygen atoms in total.